The van der Waals surface area contributed by atoms with Crippen LogP contribution in [0.25, 0.3) is 21.7 Å². The second-order valence-corrected chi connectivity index (χ2v) is 3.91. The summed E-state index contributed by atoms with van der Waals surface area (Å²) in [6.07, 6.45) is 0. The lowest BCUT2D eigenvalue weighted by atomic mass is 10.1. The Balaban J connectivity index is 2.62. The number of phenolic OH excluding ortho intramolecular Hbond substituents is 1. The van der Waals surface area contributed by atoms with Crippen molar-refractivity contribution in [2.45, 2.75) is 0 Å². The minimum Gasteiger partial charge on any atom is -0.506 e. The maximum absolute atomic E-state index is 11.7. The summed E-state index contributed by atoms with van der Waals surface area (Å²) < 4.78 is 5.13. The Morgan fingerprint density at radius 2 is 1.83 bits per heavy atom. The van der Waals surface area contributed by atoms with E-state index in [9.17, 15) is 9.90 Å². The normalized spacial score (nSPS) is 10.6. The number of nitrogens with zero attached hydrogens (tertiary/aromatic N) is 1. The number of phenols is 1. The minimum atomic E-state index is -0.456. The van der Waals surface area contributed by atoms with Crippen LogP contribution in [0, 0.1) is 11.3 Å². The lowest BCUT2D eigenvalue weighted by Crippen LogP contribution is -1.99. The van der Waals surface area contributed by atoms with Crippen molar-refractivity contribution in [3.63, 3.8) is 0 Å². The summed E-state index contributed by atoms with van der Waals surface area (Å²) >= 11 is 0. The molecule has 0 saturated carbocycles. The van der Waals surface area contributed by atoms with E-state index < -0.39 is 5.63 Å². The second-order valence-electron chi connectivity index (χ2n) is 3.91. The first-order valence-corrected chi connectivity index (χ1v) is 5.29. The molecule has 3 aromatic rings. The van der Waals surface area contributed by atoms with Gasteiger partial charge in [-0.1, -0.05) is 18.2 Å². The lowest BCUT2D eigenvalue weighted by molar-refractivity contribution is 0.471. The third-order valence-corrected chi connectivity index (χ3v) is 2.86. The fourth-order valence-electron chi connectivity index (χ4n) is 2.00. The molecule has 0 amide bonds. The SMILES string of the molecule is N#Cc1cc2c(cc1O)oc(=O)c1ccccc12. The summed E-state index contributed by atoms with van der Waals surface area (Å²) in [6.45, 7) is 0. The van der Waals surface area contributed by atoms with Gasteiger partial charge in [0.2, 0.25) is 0 Å². The minimum absolute atomic E-state index is 0.154. The molecule has 3 rings (SSSR count). The summed E-state index contributed by atoms with van der Waals surface area (Å²) in [4.78, 5) is 11.7. The van der Waals surface area contributed by atoms with Crippen molar-refractivity contribution in [3.8, 4) is 11.8 Å². The van der Waals surface area contributed by atoms with E-state index in [-0.39, 0.29) is 16.9 Å². The molecular weight excluding hydrogens is 230 g/mol. The molecule has 4 heteroatoms. The van der Waals surface area contributed by atoms with Crippen LogP contribution in [0.5, 0.6) is 5.75 Å². The number of benzene rings is 2. The zero-order valence-corrected chi connectivity index (χ0v) is 9.18. The predicted molar refractivity (Wildman–Crippen MR) is 66.4 cm³/mol. The molecule has 18 heavy (non-hydrogen) atoms. The van der Waals surface area contributed by atoms with E-state index in [1.807, 2.05) is 6.07 Å². The van der Waals surface area contributed by atoms with Crippen LogP contribution in [0.4, 0.5) is 0 Å². The van der Waals surface area contributed by atoms with Crippen LogP contribution in [0.1, 0.15) is 5.56 Å². The quantitative estimate of drug-likeness (QED) is 0.481. The van der Waals surface area contributed by atoms with Crippen molar-refractivity contribution in [3.05, 3.63) is 52.4 Å². The van der Waals surface area contributed by atoms with Gasteiger partial charge in [-0.2, -0.15) is 5.26 Å². The van der Waals surface area contributed by atoms with Gasteiger partial charge in [-0.05, 0) is 17.5 Å². The molecule has 2 aromatic carbocycles. The third-order valence-electron chi connectivity index (χ3n) is 2.86. The van der Waals surface area contributed by atoms with Gasteiger partial charge in [0, 0.05) is 11.5 Å². The molecule has 0 unspecified atom stereocenters. The second kappa shape index (κ2) is 3.60. The van der Waals surface area contributed by atoms with Crippen LogP contribution in [-0.4, -0.2) is 5.11 Å². The Morgan fingerprint density at radius 3 is 2.56 bits per heavy atom. The van der Waals surface area contributed by atoms with Gasteiger partial charge in [0.05, 0.1) is 10.9 Å². The molecule has 0 saturated heterocycles. The van der Waals surface area contributed by atoms with Crippen molar-refractivity contribution >= 4 is 21.7 Å². The van der Waals surface area contributed by atoms with Crippen LogP contribution in [-0.2, 0) is 0 Å². The number of nitriles is 1. The number of aromatic hydroxyl groups is 1. The Bertz CT molecular complexity index is 872. The zero-order valence-electron chi connectivity index (χ0n) is 9.18. The van der Waals surface area contributed by atoms with Gasteiger partial charge in [-0.3, -0.25) is 0 Å². The summed E-state index contributed by atoms with van der Waals surface area (Å²) in [6, 6.07) is 11.7. The van der Waals surface area contributed by atoms with E-state index in [0.29, 0.717) is 16.2 Å². The molecule has 0 bridgehead atoms. The first-order valence-electron chi connectivity index (χ1n) is 5.29. The largest absolute Gasteiger partial charge is 0.506 e. The maximum atomic E-state index is 11.7. The van der Waals surface area contributed by atoms with Crippen molar-refractivity contribution in [2.24, 2.45) is 0 Å². The number of hydrogen-bond acceptors (Lipinski definition) is 4. The molecule has 0 aliphatic rings. The van der Waals surface area contributed by atoms with E-state index in [1.165, 1.54) is 12.1 Å². The summed E-state index contributed by atoms with van der Waals surface area (Å²) in [5.74, 6) is -0.191. The molecule has 0 atom stereocenters. The highest BCUT2D eigenvalue weighted by Crippen LogP contribution is 2.28. The van der Waals surface area contributed by atoms with Crippen LogP contribution >= 0.6 is 0 Å². The molecule has 0 radical (unpaired) electrons. The monoisotopic (exact) mass is 237 g/mol. The topological polar surface area (TPSA) is 74.2 Å². The van der Waals surface area contributed by atoms with Crippen molar-refractivity contribution in [1.82, 2.24) is 0 Å². The first kappa shape index (κ1) is 10.4. The zero-order chi connectivity index (χ0) is 12.7. The molecule has 86 valence electrons. The maximum Gasteiger partial charge on any atom is 0.344 e. The highest BCUT2D eigenvalue weighted by molar-refractivity contribution is 6.05. The number of rotatable bonds is 0. The highest BCUT2D eigenvalue weighted by atomic mass is 16.4. The van der Waals surface area contributed by atoms with Crippen LogP contribution in [0.2, 0.25) is 0 Å². The molecular formula is C14H7NO3. The van der Waals surface area contributed by atoms with Gasteiger partial charge in [0.25, 0.3) is 0 Å². The molecule has 1 heterocycles. The molecule has 1 aromatic heterocycles. The van der Waals surface area contributed by atoms with E-state index in [0.717, 1.165) is 0 Å². The summed E-state index contributed by atoms with van der Waals surface area (Å²) in [5, 5.41) is 20.3. The van der Waals surface area contributed by atoms with Crippen LogP contribution in [0.15, 0.2) is 45.6 Å². The van der Waals surface area contributed by atoms with Gasteiger partial charge < -0.3 is 9.52 Å². The summed E-state index contributed by atoms with van der Waals surface area (Å²) in [5.41, 5.74) is -0.0288. The Hall–Kier alpha value is -2.80. The average Bonchev–Trinajstić information content (AvgIpc) is 2.38. The molecule has 0 fully saturated rings. The van der Waals surface area contributed by atoms with Gasteiger partial charge in [-0.25, -0.2) is 4.79 Å². The van der Waals surface area contributed by atoms with Gasteiger partial charge in [0.1, 0.15) is 17.4 Å². The Labute approximate surface area is 101 Å². The Morgan fingerprint density at radius 1 is 1.11 bits per heavy atom. The molecule has 0 spiro atoms. The van der Waals surface area contributed by atoms with E-state index >= 15 is 0 Å². The van der Waals surface area contributed by atoms with E-state index in [1.54, 1.807) is 24.3 Å². The van der Waals surface area contributed by atoms with Crippen LogP contribution in [0.3, 0.4) is 0 Å². The number of hydrogen-bond donors (Lipinski definition) is 1. The van der Waals surface area contributed by atoms with Gasteiger partial charge >= 0.3 is 5.63 Å². The van der Waals surface area contributed by atoms with Crippen LogP contribution < -0.4 is 5.63 Å². The standard InChI is InChI=1S/C14H7NO3/c15-7-8-5-11-9-3-1-2-4-10(9)14(17)18-13(11)6-12(8)16/h1-6,16H. The molecule has 0 aliphatic heterocycles. The van der Waals surface area contributed by atoms with E-state index in [4.69, 9.17) is 9.68 Å². The average molecular weight is 237 g/mol. The molecule has 1 N–H and O–H groups in total. The van der Waals surface area contributed by atoms with Crippen molar-refractivity contribution in [1.29, 1.82) is 5.26 Å². The fourth-order valence-corrected chi connectivity index (χ4v) is 2.00. The third kappa shape index (κ3) is 1.35. The smallest absolute Gasteiger partial charge is 0.344 e. The Kier molecular flexibility index (Phi) is 2.07. The lowest BCUT2D eigenvalue weighted by Gasteiger charge is -2.03. The highest BCUT2D eigenvalue weighted by Gasteiger charge is 2.10. The number of fused-ring (bicyclic) bond motifs is 3. The summed E-state index contributed by atoms with van der Waals surface area (Å²) in [7, 11) is 0. The van der Waals surface area contributed by atoms with Gasteiger partial charge in [-0.15, -0.1) is 0 Å². The van der Waals surface area contributed by atoms with Crippen molar-refractivity contribution in [2.75, 3.05) is 0 Å². The molecule has 4 nitrogen and oxygen atoms in total. The molecule has 0 aliphatic carbocycles. The van der Waals surface area contributed by atoms with Gasteiger partial charge in [0.15, 0.2) is 0 Å². The first-order chi connectivity index (χ1) is 8.70. The fraction of sp³-hybridized carbons (Fsp3) is 0. The predicted octanol–water partition coefficient (Wildman–Crippen LogP) is 2.52. The van der Waals surface area contributed by atoms with E-state index in [2.05, 4.69) is 0 Å². The van der Waals surface area contributed by atoms with Crippen molar-refractivity contribution < 1.29 is 9.52 Å².